The first-order valence-corrected chi connectivity index (χ1v) is 4.51. The van der Waals surface area contributed by atoms with Gasteiger partial charge in [0.05, 0.1) is 0 Å². The SMILES string of the molecule is Cn1cc(-c2c[c]ccc2)c(F)cc1=O. The van der Waals surface area contributed by atoms with E-state index < -0.39 is 5.82 Å². The van der Waals surface area contributed by atoms with Crippen LogP contribution in [-0.4, -0.2) is 4.57 Å². The van der Waals surface area contributed by atoms with Crippen molar-refractivity contribution < 1.29 is 4.39 Å². The molecule has 1 heterocycles. The molecular weight excluding hydrogens is 193 g/mol. The second-order valence-corrected chi connectivity index (χ2v) is 3.28. The lowest BCUT2D eigenvalue weighted by atomic mass is 10.1. The molecule has 2 nitrogen and oxygen atoms in total. The van der Waals surface area contributed by atoms with Gasteiger partial charge in [-0.1, -0.05) is 18.2 Å². The highest BCUT2D eigenvalue weighted by molar-refractivity contribution is 5.62. The molecule has 1 radical (unpaired) electrons. The van der Waals surface area contributed by atoms with E-state index in [1.165, 1.54) is 10.8 Å². The van der Waals surface area contributed by atoms with Gasteiger partial charge in [0, 0.05) is 24.9 Å². The highest BCUT2D eigenvalue weighted by Gasteiger charge is 2.06. The van der Waals surface area contributed by atoms with E-state index in [1.54, 1.807) is 31.3 Å². The van der Waals surface area contributed by atoms with Crippen LogP contribution < -0.4 is 5.56 Å². The van der Waals surface area contributed by atoms with E-state index in [0.29, 0.717) is 11.1 Å². The van der Waals surface area contributed by atoms with E-state index in [4.69, 9.17) is 0 Å². The quantitative estimate of drug-likeness (QED) is 0.693. The fourth-order valence-electron chi connectivity index (χ4n) is 1.38. The van der Waals surface area contributed by atoms with Crippen LogP contribution in [0.25, 0.3) is 11.1 Å². The Bertz CT molecular complexity index is 531. The molecule has 0 bridgehead atoms. The van der Waals surface area contributed by atoms with Gasteiger partial charge in [-0.05, 0) is 17.7 Å². The van der Waals surface area contributed by atoms with E-state index in [9.17, 15) is 9.18 Å². The van der Waals surface area contributed by atoms with Gasteiger partial charge in [-0.3, -0.25) is 4.79 Å². The number of halogens is 1. The maximum Gasteiger partial charge on any atom is 0.253 e. The molecule has 0 saturated carbocycles. The number of pyridine rings is 1. The molecule has 0 atom stereocenters. The molecule has 0 aliphatic carbocycles. The molecule has 0 unspecified atom stereocenters. The first kappa shape index (κ1) is 9.65. The maximum absolute atomic E-state index is 13.5. The van der Waals surface area contributed by atoms with Crippen LogP contribution in [0.5, 0.6) is 0 Å². The molecule has 15 heavy (non-hydrogen) atoms. The molecule has 0 aliphatic rings. The van der Waals surface area contributed by atoms with Gasteiger partial charge in [0.25, 0.3) is 5.56 Å². The van der Waals surface area contributed by atoms with E-state index in [-0.39, 0.29) is 5.56 Å². The van der Waals surface area contributed by atoms with Gasteiger partial charge in [0.15, 0.2) is 0 Å². The number of nitrogens with zero attached hydrogens (tertiary/aromatic N) is 1. The third kappa shape index (κ3) is 1.81. The minimum atomic E-state index is -0.502. The normalized spacial score (nSPS) is 10.3. The van der Waals surface area contributed by atoms with Crippen LogP contribution in [0.3, 0.4) is 0 Å². The Morgan fingerprint density at radius 2 is 2.27 bits per heavy atom. The molecule has 1 aromatic carbocycles. The monoisotopic (exact) mass is 202 g/mol. The van der Waals surface area contributed by atoms with Gasteiger partial charge >= 0.3 is 0 Å². The Labute approximate surface area is 86.6 Å². The van der Waals surface area contributed by atoms with Crippen LogP contribution >= 0.6 is 0 Å². The Kier molecular flexibility index (Phi) is 2.37. The van der Waals surface area contributed by atoms with Crippen LogP contribution in [0.2, 0.25) is 0 Å². The molecule has 0 aliphatic heterocycles. The van der Waals surface area contributed by atoms with Gasteiger partial charge in [0.1, 0.15) is 5.82 Å². The van der Waals surface area contributed by atoms with Crippen molar-refractivity contribution in [1.29, 1.82) is 0 Å². The van der Waals surface area contributed by atoms with Crippen molar-refractivity contribution >= 4 is 0 Å². The zero-order valence-corrected chi connectivity index (χ0v) is 8.20. The molecule has 3 heteroatoms. The van der Waals surface area contributed by atoms with Crippen molar-refractivity contribution in [3.63, 3.8) is 0 Å². The number of hydrogen-bond donors (Lipinski definition) is 0. The van der Waals surface area contributed by atoms with Gasteiger partial charge in [0.2, 0.25) is 0 Å². The summed E-state index contributed by atoms with van der Waals surface area (Å²) in [5.41, 5.74) is 0.774. The average molecular weight is 202 g/mol. The fraction of sp³-hybridized carbons (Fsp3) is 0.0833. The van der Waals surface area contributed by atoms with Crippen molar-refractivity contribution in [2.24, 2.45) is 7.05 Å². The van der Waals surface area contributed by atoms with Crippen LogP contribution in [0.4, 0.5) is 4.39 Å². The number of aryl methyl sites for hydroxylation is 1. The van der Waals surface area contributed by atoms with E-state index >= 15 is 0 Å². The molecule has 0 fully saturated rings. The highest BCUT2D eigenvalue weighted by atomic mass is 19.1. The topological polar surface area (TPSA) is 22.0 Å². The number of benzene rings is 1. The lowest BCUT2D eigenvalue weighted by Crippen LogP contribution is -2.15. The second kappa shape index (κ2) is 3.69. The minimum Gasteiger partial charge on any atom is -0.318 e. The zero-order valence-electron chi connectivity index (χ0n) is 8.20. The molecular formula is C12H9FNO. The van der Waals surface area contributed by atoms with Gasteiger partial charge < -0.3 is 4.57 Å². The average Bonchev–Trinajstić information content (AvgIpc) is 2.25. The van der Waals surface area contributed by atoms with Crippen molar-refractivity contribution in [1.82, 2.24) is 4.57 Å². The number of rotatable bonds is 1. The summed E-state index contributed by atoms with van der Waals surface area (Å²) >= 11 is 0. The Hall–Kier alpha value is -1.90. The second-order valence-electron chi connectivity index (χ2n) is 3.28. The van der Waals surface area contributed by atoms with Crippen LogP contribution in [0.1, 0.15) is 0 Å². The van der Waals surface area contributed by atoms with Crippen LogP contribution in [0.15, 0.2) is 41.3 Å². The smallest absolute Gasteiger partial charge is 0.253 e. The standard InChI is InChI=1S/C12H9FNO/c1-14-8-10(11(13)7-12(14)15)9-5-3-2-4-6-9/h2-3,5-8H,1H3. The van der Waals surface area contributed by atoms with Crippen molar-refractivity contribution in [2.45, 2.75) is 0 Å². The summed E-state index contributed by atoms with van der Waals surface area (Å²) in [6.07, 6.45) is 1.49. The van der Waals surface area contributed by atoms with Crippen LogP contribution in [-0.2, 0) is 7.05 Å². The molecule has 0 amide bonds. The molecule has 0 saturated heterocycles. The first-order valence-electron chi connectivity index (χ1n) is 4.51. The molecule has 2 aromatic rings. The van der Waals surface area contributed by atoms with Gasteiger partial charge in [-0.15, -0.1) is 0 Å². The number of hydrogen-bond acceptors (Lipinski definition) is 1. The summed E-state index contributed by atoms with van der Waals surface area (Å²) in [6.45, 7) is 0. The molecule has 0 spiro atoms. The molecule has 1 aromatic heterocycles. The van der Waals surface area contributed by atoms with Gasteiger partial charge in [-0.25, -0.2) is 4.39 Å². The van der Waals surface area contributed by atoms with Gasteiger partial charge in [-0.2, -0.15) is 0 Å². The van der Waals surface area contributed by atoms with E-state index in [0.717, 1.165) is 6.07 Å². The Balaban J connectivity index is 2.64. The van der Waals surface area contributed by atoms with Crippen molar-refractivity contribution in [3.05, 3.63) is 58.8 Å². The van der Waals surface area contributed by atoms with Crippen LogP contribution in [0, 0.1) is 11.9 Å². The summed E-state index contributed by atoms with van der Waals surface area (Å²) in [5, 5.41) is 0. The highest BCUT2D eigenvalue weighted by Crippen LogP contribution is 2.19. The lowest BCUT2D eigenvalue weighted by Gasteiger charge is -2.04. The summed E-state index contributed by atoms with van der Waals surface area (Å²) in [7, 11) is 1.60. The molecule has 75 valence electrons. The Morgan fingerprint density at radius 1 is 1.47 bits per heavy atom. The molecule has 2 rings (SSSR count). The number of aromatic nitrogens is 1. The maximum atomic E-state index is 13.5. The van der Waals surface area contributed by atoms with E-state index in [2.05, 4.69) is 6.07 Å². The summed E-state index contributed by atoms with van der Waals surface area (Å²) in [4.78, 5) is 11.1. The predicted octanol–water partition coefficient (Wildman–Crippen LogP) is 1.99. The summed E-state index contributed by atoms with van der Waals surface area (Å²) < 4.78 is 14.8. The fourth-order valence-corrected chi connectivity index (χ4v) is 1.38. The first-order chi connectivity index (χ1) is 7.18. The Morgan fingerprint density at radius 3 is 2.93 bits per heavy atom. The van der Waals surface area contributed by atoms with Crippen molar-refractivity contribution in [2.75, 3.05) is 0 Å². The third-order valence-corrected chi connectivity index (χ3v) is 2.20. The summed E-state index contributed by atoms with van der Waals surface area (Å²) in [5.74, 6) is -0.502. The zero-order chi connectivity index (χ0) is 10.8. The lowest BCUT2D eigenvalue weighted by molar-refractivity contribution is 0.620. The summed E-state index contributed by atoms with van der Waals surface area (Å²) in [6, 6.07) is 10.8. The minimum absolute atomic E-state index is 0.351. The predicted molar refractivity (Wildman–Crippen MR) is 55.9 cm³/mol. The van der Waals surface area contributed by atoms with E-state index in [1.807, 2.05) is 0 Å². The third-order valence-electron chi connectivity index (χ3n) is 2.20. The molecule has 0 N–H and O–H groups in total. The van der Waals surface area contributed by atoms with Crippen molar-refractivity contribution in [3.8, 4) is 11.1 Å². The largest absolute Gasteiger partial charge is 0.318 e.